The van der Waals surface area contributed by atoms with Crippen LogP contribution in [-0.2, 0) is 0 Å². The average molecular weight is 331 g/mol. The van der Waals surface area contributed by atoms with Crippen LogP contribution in [0.4, 0.5) is 0 Å². The van der Waals surface area contributed by atoms with Crippen LogP contribution in [0.15, 0.2) is 10.2 Å². The number of nitrogens with one attached hydrogen (secondary N) is 4. The Bertz CT molecular complexity index is 368. The molecule has 6 nitrogen and oxygen atoms in total. The van der Waals surface area contributed by atoms with Crippen LogP contribution >= 0.6 is 24.4 Å². The van der Waals surface area contributed by atoms with Gasteiger partial charge in [0.25, 0.3) is 0 Å². The maximum Gasteiger partial charge on any atom is 0.186 e. The molecular weight excluding hydrogens is 304 g/mol. The van der Waals surface area contributed by atoms with E-state index in [1.165, 1.54) is 0 Å². The van der Waals surface area contributed by atoms with E-state index in [9.17, 15) is 0 Å². The number of hydrogen-bond donors (Lipinski definition) is 4. The predicted molar refractivity (Wildman–Crippen MR) is 98.9 cm³/mol. The Morgan fingerprint density at radius 1 is 0.952 bits per heavy atom. The SMILES string of the molecule is CCCCNC(=S)N/N=C/C(C)=N/NC(=S)NCCCC. The average Bonchev–Trinajstić information content (AvgIpc) is 2.46. The van der Waals surface area contributed by atoms with E-state index < -0.39 is 0 Å². The van der Waals surface area contributed by atoms with Gasteiger partial charge in [-0.2, -0.15) is 10.2 Å². The van der Waals surface area contributed by atoms with Crippen molar-refractivity contribution in [3.8, 4) is 0 Å². The first-order valence-corrected chi connectivity index (χ1v) is 8.06. The molecule has 0 unspecified atom stereocenters. The van der Waals surface area contributed by atoms with Crippen LogP contribution in [0, 0.1) is 0 Å². The Morgan fingerprint density at radius 3 is 2.00 bits per heavy atom. The lowest BCUT2D eigenvalue weighted by atomic mass is 10.3. The van der Waals surface area contributed by atoms with E-state index in [1.807, 2.05) is 6.92 Å². The Kier molecular flexibility index (Phi) is 12.9. The summed E-state index contributed by atoms with van der Waals surface area (Å²) in [4.78, 5) is 0. The van der Waals surface area contributed by atoms with Gasteiger partial charge in [-0.05, 0) is 44.2 Å². The van der Waals surface area contributed by atoms with E-state index in [0.717, 1.165) is 38.8 Å². The van der Waals surface area contributed by atoms with Crippen LogP contribution < -0.4 is 21.5 Å². The number of nitrogens with zero attached hydrogens (tertiary/aromatic N) is 2. The molecule has 120 valence electrons. The highest BCUT2D eigenvalue weighted by Gasteiger charge is 1.93. The fourth-order valence-corrected chi connectivity index (χ4v) is 1.49. The second-order valence-electron chi connectivity index (χ2n) is 4.45. The summed E-state index contributed by atoms with van der Waals surface area (Å²) >= 11 is 10.1. The van der Waals surface area contributed by atoms with Gasteiger partial charge in [-0.15, -0.1) is 0 Å². The molecule has 21 heavy (non-hydrogen) atoms. The van der Waals surface area contributed by atoms with Crippen molar-refractivity contribution in [2.24, 2.45) is 10.2 Å². The normalized spacial score (nSPS) is 11.3. The minimum Gasteiger partial charge on any atom is -0.361 e. The molecule has 0 amide bonds. The molecule has 0 saturated heterocycles. The lowest BCUT2D eigenvalue weighted by Crippen LogP contribution is -2.34. The van der Waals surface area contributed by atoms with Crippen LogP contribution in [0.3, 0.4) is 0 Å². The fraction of sp³-hybridized carbons (Fsp3) is 0.692. The fourth-order valence-electron chi connectivity index (χ4n) is 1.19. The lowest BCUT2D eigenvalue weighted by Gasteiger charge is -2.06. The summed E-state index contributed by atoms with van der Waals surface area (Å²) in [6.07, 6.45) is 6.00. The molecule has 0 bridgehead atoms. The van der Waals surface area contributed by atoms with Crippen LogP contribution in [0.25, 0.3) is 0 Å². The highest BCUT2D eigenvalue weighted by molar-refractivity contribution is 7.80. The zero-order valence-corrected chi connectivity index (χ0v) is 14.7. The summed E-state index contributed by atoms with van der Waals surface area (Å²) in [6.45, 7) is 7.78. The van der Waals surface area contributed by atoms with Gasteiger partial charge in [-0.3, -0.25) is 10.9 Å². The van der Waals surface area contributed by atoms with Crippen molar-refractivity contribution in [2.45, 2.75) is 46.5 Å². The highest BCUT2D eigenvalue weighted by Crippen LogP contribution is 1.83. The third-order valence-electron chi connectivity index (χ3n) is 2.38. The summed E-state index contributed by atoms with van der Waals surface area (Å²) in [5, 5.41) is 15.2. The first-order valence-electron chi connectivity index (χ1n) is 7.25. The largest absolute Gasteiger partial charge is 0.361 e. The molecule has 0 spiro atoms. The number of hydrazone groups is 2. The van der Waals surface area contributed by atoms with E-state index in [1.54, 1.807) is 6.21 Å². The van der Waals surface area contributed by atoms with Crippen molar-refractivity contribution >= 4 is 46.6 Å². The Labute approximate surface area is 138 Å². The van der Waals surface area contributed by atoms with Gasteiger partial charge in [0.15, 0.2) is 10.2 Å². The van der Waals surface area contributed by atoms with Crippen molar-refractivity contribution in [1.29, 1.82) is 0 Å². The van der Waals surface area contributed by atoms with Crippen molar-refractivity contribution < 1.29 is 0 Å². The van der Waals surface area contributed by atoms with E-state index in [-0.39, 0.29) is 0 Å². The highest BCUT2D eigenvalue weighted by atomic mass is 32.1. The van der Waals surface area contributed by atoms with Gasteiger partial charge in [-0.25, -0.2) is 0 Å². The minimum absolute atomic E-state index is 0.511. The summed E-state index contributed by atoms with van der Waals surface area (Å²) in [5.74, 6) is 0. The third kappa shape index (κ3) is 13.5. The Hall–Kier alpha value is -1.28. The standard InChI is InChI=1S/C13H26N6S2/c1-4-6-8-14-12(20)18-16-10-11(3)17-19-13(21)15-9-7-5-2/h10H,4-9H2,1-3H3,(H2,14,18,20)(H2,15,19,21)/b16-10+,17-11+. The molecule has 0 atom stereocenters. The van der Waals surface area contributed by atoms with Crippen molar-refractivity contribution in [3.05, 3.63) is 0 Å². The maximum atomic E-state index is 5.08. The first-order chi connectivity index (χ1) is 10.1. The number of unbranched alkanes of at least 4 members (excludes halogenated alkanes) is 2. The van der Waals surface area contributed by atoms with Gasteiger partial charge >= 0.3 is 0 Å². The smallest absolute Gasteiger partial charge is 0.186 e. The molecule has 0 aliphatic heterocycles. The topological polar surface area (TPSA) is 72.8 Å². The van der Waals surface area contributed by atoms with E-state index in [0.29, 0.717) is 15.9 Å². The summed E-state index contributed by atoms with van der Waals surface area (Å²) in [5.41, 5.74) is 6.19. The van der Waals surface area contributed by atoms with E-state index >= 15 is 0 Å². The second kappa shape index (κ2) is 13.7. The molecule has 0 aliphatic carbocycles. The monoisotopic (exact) mass is 330 g/mol. The van der Waals surface area contributed by atoms with Crippen LogP contribution in [-0.4, -0.2) is 35.2 Å². The minimum atomic E-state index is 0.511. The Balaban J connectivity index is 3.86. The summed E-state index contributed by atoms with van der Waals surface area (Å²) in [6, 6.07) is 0. The molecule has 0 aromatic heterocycles. The van der Waals surface area contributed by atoms with Crippen molar-refractivity contribution in [2.75, 3.05) is 13.1 Å². The number of rotatable bonds is 9. The summed E-state index contributed by atoms with van der Waals surface area (Å²) in [7, 11) is 0. The molecule has 0 aliphatic rings. The van der Waals surface area contributed by atoms with Crippen molar-refractivity contribution in [1.82, 2.24) is 21.5 Å². The lowest BCUT2D eigenvalue weighted by molar-refractivity contribution is 0.744. The molecular formula is C13H26N6S2. The number of thiocarbonyl (C=S) groups is 2. The zero-order chi connectivity index (χ0) is 15.9. The molecule has 0 radical (unpaired) electrons. The second-order valence-corrected chi connectivity index (χ2v) is 5.27. The van der Waals surface area contributed by atoms with Gasteiger partial charge in [0.05, 0.1) is 11.9 Å². The molecule has 4 N–H and O–H groups in total. The predicted octanol–water partition coefficient (Wildman–Crippen LogP) is 1.88. The van der Waals surface area contributed by atoms with Gasteiger partial charge in [0.2, 0.25) is 0 Å². The zero-order valence-electron chi connectivity index (χ0n) is 13.0. The number of hydrogen-bond acceptors (Lipinski definition) is 4. The van der Waals surface area contributed by atoms with Gasteiger partial charge < -0.3 is 10.6 Å². The molecule has 0 fully saturated rings. The Morgan fingerprint density at radius 2 is 1.48 bits per heavy atom. The van der Waals surface area contributed by atoms with Crippen LogP contribution in [0.1, 0.15) is 46.5 Å². The molecule has 0 rings (SSSR count). The van der Waals surface area contributed by atoms with Crippen molar-refractivity contribution in [3.63, 3.8) is 0 Å². The molecule has 0 aromatic rings. The molecule has 0 heterocycles. The third-order valence-corrected chi connectivity index (χ3v) is 2.85. The van der Waals surface area contributed by atoms with Gasteiger partial charge in [0.1, 0.15) is 0 Å². The van der Waals surface area contributed by atoms with Crippen LogP contribution in [0.2, 0.25) is 0 Å². The maximum absolute atomic E-state index is 5.08. The molecule has 8 heteroatoms. The molecule has 0 aromatic carbocycles. The quantitative estimate of drug-likeness (QED) is 0.224. The van der Waals surface area contributed by atoms with Gasteiger partial charge in [0, 0.05) is 13.1 Å². The van der Waals surface area contributed by atoms with Crippen LogP contribution in [0.5, 0.6) is 0 Å². The molecule has 0 saturated carbocycles. The van der Waals surface area contributed by atoms with E-state index in [4.69, 9.17) is 24.4 Å². The first kappa shape index (κ1) is 19.7. The van der Waals surface area contributed by atoms with E-state index in [2.05, 4.69) is 45.5 Å². The summed E-state index contributed by atoms with van der Waals surface area (Å²) < 4.78 is 0. The van der Waals surface area contributed by atoms with Gasteiger partial charge in [-0.1, -0.05) is 26.7 Å².